The highest BCUT2D eigenvalue weighted by Gasteiger charge is 2.21. The number of hydrogen-bond donors (Lipinski definition) is 3. The predicted molar refractivity (Wildman–Crippen MR) is 130 cm³/mol. The molecule has 3 aromatic carbocycles. The summed E-state index contributed by atoms with van der Waals surface area (Å²) in [5.41, 5.74) is 1.30. The molecule has 3 N–H and O–H groups in total. The van der Waals surface area contributed by atoms with Crippen LogP contribution >= 0.6 is 12.2 Å². The first-order valence-corrected chi connectivity index (χ1v) is 11.3. The maximum Gasteiger partial charge on any atom is 0.264 e. The number of thiocarbonyl (C=S) groups is 1. The second-order valence-corrected chi connectivity index (χ2v) is 8.53. The van der Waals surface area contributed by atoms with Gasteiger partial charge in [0, 0.05) is 11.8 Å². The van der Waals surface area contributed by atoms with E-state index < -0.39 is 10.0 Å². The van der Waals surface area contributed by atoms with Crippen molar-refractivity contribution in [3.63, 3.8) is 0 Å². The van der Waals surface area contributed by atoms with E-state index in [9.17, 15) is 8.42 Å². The number of anilines is 3. The number of rotatable bonds is 8. The Labute approximate surface area is 192 Å². The lowest BCUT2D eigenvalue weighted by atomic mass is 10.3. The van der Waals surface area contributed by atoms with E-state index >= 15 is 0 Å². The quantitative estimate of drug-likeness (QED) is 0.416. The van der Waals surface area contributed by atoms with Crippen LogP contribution in [0.4, 0.5) is 17.1 Å². The van der Waals surface area contributed by atoms with Gasteiger partial charge < -0.3 is 24.8 Å². The standard InChI is InChI=1S/C22H23N3O5S2/c1-28-16-10-8-15(9-11-16)25-32(26,27)21-14-17(29-2)12-13-19(21)24-22(31)23-18-6-4-5-7-20(18)30-3/h4-14,25H,1-3H3,(H2,23,24,31). The first-order valence-electron chi connectivity index (χ1n) is 9.42. The predicted octanol–water partition coefficient (Wildman–Crippen LogP) is 4.32. The molecule has 168 valence electrons. The van der Waals surface area contributed by atoms with Crippen LogP contribution in [0, 0.1) is 0 Å². The van der Waals surface area contributed by atoms with Gasteiger partial charge in [0.1, 0.15) is 22.1 Å². The van der Waals surface area contributed by atoms with Crippen molar-refractivity contribution in [3.8, 4) is 17.2 Å². The van der Waals surface area contributed by atoms with Crippen molar-refractivity contribution in [1.82, 2.24) is 0 Å². The zero-order valence-corrected chi connectivity index (χ0v) is 19.3. The van der Waals surface area contributed by atoms with E-state index in [4.69, 9.17) is 26.4 Å². The largest absolute Gasteiger partial charge is 0.497 e. The SMILES string of the molecule is COc1ccc(NS(=O)(=O)c2cc(OC)ccc2NC(=S)Nc2ccccc2OC)cc1. The van der Waals surface area contributed by atoms with Crippen molar-refractivity contribution >= 4 is 44.4 Å². The van der Waals surface area contributed by atoms with Crippen LogP contribution in [0.1, 0.15) is 0 Å². The van der Waals surface area contributed by atoms with E-state index in [1.54, 1.807) is 55.6 Å². The molecule has 0 bridgehead atoms. The summed E-state index contributed by atoms with van der Waals surface area (Å²) in [4.78, 5) is -0.0307. The average molecular weight is 474 g/mol. The van der Waals surface area contributed by atoms with Gasteiger partial charge in [0.25, 0.3) is 10.0 Å². The third-order valence-electron chi connectivity index (χ3n) is 4.42. The van der Waals surface area contributed by atoms with Gasteiger partial charge in [-0.1, -0.05) is 12.1 Å². The van der Waals surface area contributed by atoms with Gasteiger partial charge >= 0.3 is 0 Å². The molecule has 0 aliphatic rings. The smallest absolute Gasteiger partial charge is 0.264 e. The maximum atomic E-state index is 13.2. The van der Waals surface area contributed by atoms with Crippen LogP contribution in [-0.4, -0.2) is 34.9 Å². The summed E-state index contributed by atoms with van der Waals surface area (Å²) in [5, 5.41) is 6.15. The third kappa shape index (κ3) is 5.59. The van der Waals surface area contributed by atoms with Crippen molar-refractivity contribution in [1.29, 1.82) is 0 Å². The molecule has 3 aromatic rings. The second kappa shape index (κ2) is 10.2. The highest BCUT2D eigenvalue weighted by molar-refractivity contribution is 7.93. The molecule has 0 radical (unpaired) electrons. The summed E-state index contributed by atoms with van der Waals surface area (Å²) >= 11 is 5.39. The summed E-state index contributed by atoms with van der Waals surface area (Å²) in [6.07, 6.45) is 0. The number of hydrogen-bond acceptors (Lipinski definition) is 6. The van der Waals surface area contributed by atoms with Crippen LogP contribution in [0.3, 0.4) is 0 Å². The summed E-state index contributed by atoms with van der Waals surface area (Å²) in [6, 6.07) is 18.4. The number of nitrogens with one attached hydrogen (secondary N) is 3. The molecule has 0 heterocycles. The van der Waals surface area contributed by atoms with Crippen LogP contribution in [-0.2, 0) is 10.0 Å². The van der Waals surface area contributed by atoms with E-state index in [2.05, 4.69) is 15.4 Å². The van der Waals surface area contributed by atoms with Crippen LogP contribution in [0.5, 0.6) is 17.2 Å². The van der Waals surface area contributed by atoms with Gasteiger partial charge in [-0.05, 0) is 60.7 Å². The van der Waals surface area contributed by atoms with Crippen LogP contribution in [0.25, 0.3) is 0 Å². The van der Waals surface area contributed by atoms with E-state index in [1.165, 1.54) is 20.3 Å². The monoisotopic (exact) mass is 473 g/mol. The highest BCUT2D eigenvalue weighted by Crippen LogP contribution is 2.29. The molecule has 0 aliphatic heterocycles. The van der Waals surface area contributed by atoms with Crippen molar-refractivity contribution in [2.75, 3.05) is 36.7 Å². The number of para-hydroxylation sites is 2. The Bertz CT molecular complexity index is 1200. The van der Waals surface area contributed by atoms with Crippen molar-refractivity contribution in [3.05, 3.63) is 66.7 Å². The molecule has 0 aromatic heterocycles. The molecule has 0 saturated carbocycles. The fourth-order valence-electron chi connectivity index (χ4n) is 2.85. The Balaban J connectivity index is 1.87. The van der Waals surface area contributed by atoms with Crippen molar-refractivity contribution in [2.45, 2.75) is 4.90 Å². The molecule has 10 heteroatoms. The van der Waals surface area contributed by atoms with Gasteiger partial charge in [0.05, 0.1) is 32.7 Å². The number of methoxy groups -OCH3 is 3. The Morgan fingerprint density at radius 1 is 0.781 bits per heavy atom. The number of benzene rings is 3. The average Bonchev–Trinajstić information content (AvgIpc) is 2.79. The third-order valence-corrected chi connectivity index (χ3v) is 6.05. The molecular weight excluding hydrogens is 450 g/mol. The molecule has 0 fully saturated rings. The lowest BCUT2D eigenvalue weighted by Gasteiger charge is -2.17. The van der Waals surface area contributed by atoms with Crippen molar-refractivity contribution < 1.29 is 22.6 Å². The van der Waals surface area contributed by atoms with Gasteiger partial charge in [0.15, 0.2) is 5.11 Å². The van der Waals surface area contributed by atoms with E-state index in [1.807, 2.05) is 12.1 Å². The van der Waals surface area contributed by atoms with Gasteiger partial charge in [-0.2, -0.15) is 0 Å². The first kappa shape index (κ1) is 23.2. The van der Waals surface area contributed by atoms with E-state index in [0.29, 0.717) is 28.6 Å². The molecule has 0 spiro atoms. The summed E-state index contributed by atoms with van der Waals surface area (Å²) < 4.78 is 44.5. The van der Waals surface area contributed by atoms with Gasteiger partial charge in [0.2, 0.25) is 0 Å². The highest BCUT2D eigenvalue weighted by atomic mass is 32.2. The molecule has 3 rings (SSSR count). The van der Waals surface area contributed by atoms with Gasteiger partial charge in [-0.3, -0.25) is 4.72 Å². The number of ether oxygens (including phenoxy) is 3. The molecule has 0 saturated heterocycles. The van der Waals surface area contributed by atoms with E-state index in [0.717, 1.165) is 0 Å². The first-order chi connectivity index (χ1) is 15.4. The van der Waals surface area contributed by atoms with Gasteiger partial charge in [-0.15, -0.1) is 0 Å². The topological polar surface area (TPSA) is 97.9 Å². The molecule has 0 atom stereocenters. The molecule has 0 amide bonds. The number of sulfonamides is 1. The minimum Gasteiger partial charge on any atom is -0.497 e. The maximum absolute atomic E-state index is 13.2. The lowest BCUT2D eigenvalue weighted by molar-refractivity contribution is 0.413. The molecule has 0 unspecified atom stereocenters. The fraction of sp³-hybridized carbons (Fsp3) is 0.136. The summed E-state index contributed by atoms with van der Waals surface area (Å²) in [7, 11) is 0.578. The minimum absolute atomic E-state index is 0.0307. The van der Waals surface area contributed by atoms with E-state index in [-0.39, 0.29) is 15.7 Å². The minimum atomic E-state index is -3.97. The molecule has 32 heavy (non-hydrogen) atoms. The Hall–Kier alpha value is -3.50. The summed E-state index contributed by atoms with van der Waals surface area (Å²) in [5.74, 6) is 1.60. The molecule has 0 aliphatic carbocycles. The summed E-state index contributed by atoms with van der Waals surface area (Å²) in [6.45, 7) is 0. The van der Waals surface area contributed by atoms with Crippen LogP contribution in [0.2, 0.25) is 0 Å². The Morgan fingerprint density at radius 3 is 2.06 bits per heavy atom. The second-order valence-electron chi connectivity index (χ2n) is 6.48. The van der Waals surface area contributed by atoms with Crippen LogP contribution < -0.4 is 29.6 Å². The van der Waals surface area contributed by atoms with Crippen molar-refractivity contribution in [2.24, 2.45) is 0 Å². The lowest BCUT2D eigenvalue weighted by Crippen LogP contribution is -2.22. The van der Waals surface area contributed by atoms with Gasteiger partial charge in [-0.25, -0.2) is 8.42 Å². The zero-order chi connectivity index (χ0) is 23.1. The fourth-order valence-corrected chi connectivity index (χ4v) is 4.30. The van der Waals surface area contributed by atoms with Crippen LogP contribution in [0.15, 0.2) is 71.6 Å². The Morgan fingerprint density at radius 2 is 1.41 bits per heavy atom. The Kier molecular flexibility index (Phi) is 7.39. The normalized spacial score (nSPS) is 10.7. The zero-order valence-electron chi connectivity index (χ0n) is 17.7. The molecular formula is C22H23N3O5S2. The molecule has 8 nitrogen and oxygen atoms in total.